The van der Waals surface area contributed by atoms with Gasteiger partial charge in [-0.2, -0.15) is 0 Å². The Labute approximate surface area is 148 Å². The average Bonchev–Trinajstić information content (AvgIpc) is 2.85. The molecule has 0 saturated heterocycles. The second-order valence-corrected chi connectivity index (χ2v) is 8.98. The summed E-state index contributed by atoms with van der Waals surface area (Å²) in [7, 11) is 0. The predicted molar refractivity (Wildman–Crippen MR) is 94.8 cm³/mol. The number of nitrogens with zero attached hydrogens (tertiary/aromatic N) is 1. The van der Waals surface area contributed by atoms with Gasteiger partial charge in [-0.3, -0.25) is 9.59 Å². The first-order valence-corrected chi connectivity index (χ1v) is 9.29. The Balaban J connectivity index is 1.81. The number of hydrogen-bond donors (Lipinski definition) is 0. The number of Topliss-reactive ketones (excluding diaryl/α,β-unsaturated/α-hetero) is 1. The van der Waals surface area contributed by atoms with Crippen LogP contribution in [0.3, 0.4) is 0 Å². The highest BCUT2D eigenvalue weighted by Crippen LogP contribution is 2.71. The fourth-order valence-electron chi connectivity index (χ4n) is 5.59. The van der Waals surface area contributed by atoms with Crippen LogP contribution in [0.5, 0.6) is 0 Å². The molecule has 2 fully saturated rings. The van der Waals surface area contributed by atoms with E-state index in [2.05, 4.69) is 20.8 Å². The van der Waals surface area contributed by atoms with Gasteiger partial charge in [0.2, 0.25) is 5.91 Å². The minimum Gasteiger partial charge on any atom is -0.309 e. The molecule has 1 heterocycles. The van der Waals surface area contributed by atoms with Gasteiger partial charge in [-0.15, -0.1) is 0 Å². The second-order valence-electron chi connectivity index (χ2n) is 8.98. The Hall–Kier alpha value is -1.71. The lowest BCUT2D eigenvalue weighted by molar-refractivity contribution is -0.134. The van der Waals surface area contributed by atoms with Gasteiger partial charge in [-0.1, -0.05) is 20.8 Å². The van der Waals surface area contributed by atoms with E-state index >= 15 is 0 Å². The molecule has 4 heteroatoms. The van der Waals surface area contributed by atoms with Crippen LogP contribution in [0.4, 0.5) is 10.1 Å². The zero-order chi connectivity index (χ0) is 18.2. The first kappa shape index (κ1) is 16.7. The second kappa shape index (κ2) is 4.93. The van der Waals surface area contributed by atoms with Crippen LogP contribution in [-0.2, 0) is 16.0 Å². The monoisotopic (exact) mass is 343 g/mol. The van der Waals surface area contributed by atoms with Gasteiger partial charge in [0.25, 0.3) is 0 Å². The Morgan fingerprint density at radius 3 is 2.56 bits per heavy atom. The maximum atomic E-state index is 13.8. The normalized spacial score (nSPS) is 35.8. The number of benzene rings is 1. The van der Waals surface area contributed by atoms with Gasteiger partial charge in [-0.05, 0) is 61.8 Å². The molecule has 25 heavy (non-hydrogen) atoms. The van der Waals surface area contributed by atoms with E-state index < -0.39 is 10.8 Å². The number of halogens is 1. The molecular weight excluding hydrogens is 317 g/mol. The Morgan fingerprint density at radius 1 is 1.24 bits per heavy atom. The summed E-state index contributed by atoms with van der Waals surface area (Å²) >= 11 is 0. The molecule has 1 amide bonds. The Kier molecular flexibility index (Phi) is 3.30. The lowest BCUT2D eigenvalue weighted by Gasteiger charge is -2.45. The highest BCUT2D eigenvalue weighted by Gasteiger charge is 2.73. The van der Waals surface area contributed by atoms with E-state index in [4.69, 9.17) is 0 Å². The summed E-state index contributed by atoms with van der Waals surface area (Å²) in [6.45, 7) is 8.26. The summed E-state index contributed by atoms with van der Waals surface area (Å²) in [4.78, 5) is 28.4. The number of rotatable bonds is 1. The third-order valence-corrected chi connectivity index (χ3v) is 7.91. The number of carbonyl (C=O) groups is 2. The fraction of sp³-hybridized carbons (Fsp3) is 0.619. The van der Waals surface area contributed by atoms with E-state index in [1.165, 1.54) is 6.07 Å². The topological polar surface area (TPSA) is 37.4 Å². The Bertz CT molecular complexity index is 786. The van der Waals surface area contributed by atoms with Gasteiger partial charge in [0, 0.05) is 23.6 Å². The van der Waals surface area contributed by atoms with Crippen LogP contribution in [-0.4, -0.2) is 17.7 Å². The molecule has 3 aliphatic rings. The Morgan fingerprint density at radius 2 is 1.96 bits per heavy atom. The number of amides is 1. The quantitative estimate of drug-likeness (QED) is 0.763. The molecule has 1 aromatic carbocycles. The minimum absolute atomic E-state index is 0.0622. The van der Waals surface area contributed by atoms with Crippen molar-refractivity contribution in [2.45, 2.75) is 65.8 Å². The van der Waals surface area contributed by atoms with Crippen LogP contribution in [0.2, 0.25) is 0 Å². The number of aryl methyl sites for hydroxylation is 1. The highest BCUT2D eigenvalue weighted by molar-refractivity contribution is 6.06. The molecule has 134 valence electrons. The number of fused-ring (bicyclic) bond motifs is 3. The van der Waals surface area contributed by atoms with Crippen LogP contribution < -0.4 is 4.90 Å². The van der Waals surface area contributed by atoms with Crippen molar-refractivity contribution in [1.29, 1.82) is 0 Å². The molecule has 3 atom stereocenters. The zero-order valence-electron chi connectivity index (χ0n) is 15.5. The maximum Gasteiger partial charge on any atom is 0.234 e. The van der Waals surface area contributed by atoms with Crippen molar-refractivity contribution >= 4 is 17.4 Å². The molecule has 2 saturated carbocycles. The van der Waals surface area contributed by atoms with Gasteiger partial charge in [-0.25, -0.2) is 4.39 Å². The summed E-state index contributed by atoms with van der Waals surface area (Å²) in [6, 6.07) is 4.77. The van der Waals surface area contributed by atoms with Gasteiger partial charge < -0.3 is 4.90 Å². The smallest absolute Gasteiger partial charge is 0.234 e. The molecule has 0 aromatic heterocycles. The third-order valence-electron chi connectivity index (χ3n) is 7.91. The molecule has 0 unspecified atom stereocenters. The SMILES string of the molecule is C[C@@H]1CCc2cc(F)ccc2N1C(=O)[C@@]12CC[C@](C)(C(=O)C1)C2(C)C. The molecule has 2 aliphatic carbocycles. The van der Waals surface area contributed by atoms with E-state index in [-0.39, 0.29) is 29.0 Å². The van der Waals surface area contributed by atoms with E-state index in [1.807, 2.05) is 11.8 Å². The summed E-state index contributed by atoms with van der Waals surface area (Å²) < 4.78 is 13.6. The van der Waals surface area contributed by atoms with Crippen molar-refractivity contribution in [1.82, 2.24) is 0 Å². The molecule has 1 aliphatic heterocycles. The summed E-state index contributed by atoms with van der Waals surface area (Å²) in [5, 5.41) is 0. The lowest BCUT2D eigenvalue weighted by atomic mass is 9.64. The van der Waals surface area contributed by atoms with Crippen LogP contribution in [0.1, 0.15) is 58.9 Å². The molecule has 1 aromatic rings. The van der Waals surface area contributed by atoms with E-state index in [1.54, 1.807) is 12.1 Å². The third kappa shape index (κ3) is 1.86. The number of carbonyl (C=O) groups excluding carboxylic acids is 2. The summed E-state index contributed by atoms with van der Waals surface area (Å²) in [5.74, 6) is 0.0249. The van der Waals surface area contributed by atoms with Crippen LogP contribution in [0, 0.1) is 22.1 Å². The van der Waals surface area contributed by atoms with Gasteiger partial charge in [0.05, 0.1) is 5.41 Å². The van der Waals surface area contributed by atoms with Crippen LogP contribution in [0.25, 0.3) is 0 Å². The van der Waals surface area contributed by atoms with Crippen LogP contribution in [0.15, 0.2) is 18.2 Å². The van der Waals surface area contributed by atoms with Gasteiger partial charge in [0.15, 0.2) is 0 Å². The van der Waals surface area contributed by atoms with Crippen molar-refractivity contribution in [2.75, 3.05) is 4.90 Å². The molecule has 0 N–H and O–H groups in total. The van der Waals surface area contributed by atoms with Crippen molar-refractivity contribution in [2.24, 2.45) is 16.2 Å². The average molecular weight is 343 g/mol. The number of hydrogen-bond acceptors (Lipinski definition) is 2. The van der Waals surface area contributed by atoms with Gasteiger partial charge >= 0.3 is 0 Å². The first-order chi connectivity index (χ1) is 11.6. The molecule has 3 nitrogen and oxygen atoms in total. The summed E-state index contributed by atoms with van der Waals surface area (Å²) in [5.41, 5.74) is 0.323. The largest absolute Gasteiger partial charge is 0.309 e. The minimum atomic E-state index is -0.629. The van der Waals surface area contributed by atoms with E-state index in [0.717, 1.165) is 36.9 Å². The first-order valence-electron chi connectivity index (χ1n) is 9.29. The molecule has 4 rings (SSSR count). The van der Waals surface area contributed by atoms with Crippen molar-refractivity contribution in [3.8, 4) is 0 Å². The zero-order valence-corrected chi connectivity index (χ0v) is 15.5. The fourth-order valence-corrected chi connectivity index (χ4v) is 5.59. The molecule has 2 bridgehead atoms. The number of ketones is 1. The number of anilines is 1. The molecule has 0 spiro atoms. The van der Waals surface area contributed by atoms with Crippen molar-refractivity contribution in [3.63, 3.8) is 0 Å². The predicted octanol–water partition coefficient (Wildman–Crippen LogP) is 4.28. The van der Waals surface area contributed by atoms with E-state index in [9.17, 15) is 14.0 Å². The van der Waals surface area contributed by atoms with Crippen molar-refractivity contribution in [3.05, 3.63) is 29.6 Å². The van der Waals surface area contributed by atoms with E-state index in [0.29, 0.717) is 6.42 Å². The summed E-state index contributed by atoms with van der Waals surface area (Å²) in [6.07, 6.45) is 3.49. The standard InChI is InChI=1S/C21H26FNO2/c1-13-5-6-14-11-15(22)7-8-16(14)23(13)18(25)21-10-9-20(4,17(24)12-21)19(21,2)3/h7-8,11,13H,5-6,9-10,12H2,1-4H3/t13-,20-,21-/m1/s1. The lowest BCUT2D eigenvalue weighted by Crippen LogP contribution is -2.53. The van der Waals surface area contributed by atoms with Crippen molar-refractivity contribution < 1.29 is 14.0 Å². The van der Waals surface area contributed by atoms with Crippen LogP contribution >= 0.6 is 0 Å². The molecular formula is C21H26FNO2. The molecule has 0 radical (unpaired) electrons. The maximum absolute atomic E-state index is 13.8. The highest BCUT2D eigenvalue weighted by atomic mass is 19.1. The van der Waals surface area contributed by atoms with Gasteiger partial charge in [0.1, 0.15) is 11.6 Å².